The van der Waals surface area contributed by atoms with Crippen molar-refractivity contribution in [1.82, 2.24) is 19.4 Å². The molecular formula is C20H21ClN4O2S. The van der Waals surface area contributed by atoms with Crippen molar-refractivity contribution < 1.29 is 4.79 Å². The van der Waals surface area contributed by atoms with Crippen LogP contribution in [0, 0.1) is 12.3 Å². The van der Waals surface area contributed by atoms with Crippen molar-refractivity contribution in [3.8, 4) is 12.3 Å². The number of allylic oxidation sites excluding steroid dienone is 1. The molecule has 1 aliphatic heterocycles. The summed E-state index contributed by atoms with van der Waals surface area (Å²) < 4.78 is 1.53. The fourth-order valence-electron chi connectivity index (χ4n) is 3.08. The number of hydrogen-bond donors (Lipinski definition) is 0. The molecule has 28 heavy (non-hydrogen) atoms. The van der Waals surface area contributed by atoms with E-state index < -0.39 is 0 Å². The molecule has 2 heterocycles. The van der Waals surface area contributed by atoms with Crippen LogP contribution in [0.5, 0.6) is 0 Å². The Morgan fingerprint density at radius 3 is 2.79 bits per heavy atom. The molecular weight excluding hydrogens is 396 g/mol. The van der Waals surface area contributed by atoms with Gasteiger partial charge in [0.2, 0.25) is 5.91 Å². The van der Waals surface area contributed by atoms with E-state index >= 15 is 0 Å². The number of hydrogen-bond acceptors (Lipinski definition) is 5. The first-order valence-electron chi connectivity index (χ1n) is 8.91. The van der Waals surface area contributed by atoms with Gasteiger partial charge in [-0.05, 0) is 18.2 Å². The molecule has 0 bridgehead atoms. The molecule has 1 amide bonds. The SMILES string of the molecule is C#CCN1CCN(C(=O)CSc2nc3cc(Cl)ccc3c(=O)n2CC=C)CC1. The highest BCUT2D eigenvalue weighted by atomic mass is 35.5. The second kappa shape index (κ2) is 9.28. The molecule has 1 aromatic carbocycles. The number of rotatable bonds is 6. The van der Waals surface area contributed by atoms with Crippen LogP contribution >= 0.6 is 23.4 Å². The maximum absolute atomic E-state index is 12.8. The Balaban J connectivity index is 1.75. The van der Waals surface area contributed by atoms with Crippen LogP contribution in [0.15, 0.2) is 40.8 Å². The zero-order valence-electron chi connectivity index (χ0n) is 15.4. The number of carbonyl (C=O) groups excluding carboxylic acids is 1. The number of thioether (sulfide) groups is 1. The first-order chi connectivity index (χ1) is 13.5. The highest BCUT2D eigenvalue weighted by molar-refractivity contribution is 7.99. The van der Waals surface area contributed by atoms with Gasteiger partial charge in [0.1, 0.15) is 0 Å². The largest absolute Gasteiger partial charge is 0.339 e. The molecule has 146 valence electrons. The maximum Gasteiger partial charge on any atom is 0.262 e. The maximum atomic E-state index is 12.8. The number of fused-ring (bicyclic) bond motifs is 1. The van der Waals surface area contributed by atoms with Gasteiger partial charge in [-0.2, -0.15) is 0 Å². The lowest BCUT2D eigenvalue weighted by Crippen LogP contribution is -2.49. The van der Waals surface area contributed by atoms with E-state index in [-0.39, 0.29) is 17.2 Å². The lowest BCUT2D eigenvalue weighted by atomic mass is 10.2. The summed E-state index contributed by atoms with van der Waals surface area (Å²) in [7, 11) is 0. The average molecular weight is 417 g/mol. The molecule has 8 heteroatoms. The lowest BCUT2D eigenvalue weighted by molar-refractivity contribution is -0.129. The Morgan fingerprint density at radius 2 is 2.11 bits per heavy atom. The van der Waals surface area contributed by atoms with Gasteiger partial charge in [-0.3, -0.25) is 19.1 Å². The summed E-state index contributed by atoms with van der Waals surface area (Å²) in [4.78, 5) is 33.9. The van der Waals surface area contributed by atoms with Gasteiger partial charge in [-0.25, -0.2) is 4.98 Å². The summed E-state index contributed by atoms with van der Waals surface area (Å²) in [6, 6.07) is 5.00. The number of benzene rings is 1. The Labute approximate surface area is 173 Å². The van der Waals surface area contributed by atoms with Crippen LogP contribution < -0.4 is 5.56 Å². The molecule has 0 unspecified atom stereocenters. The molecule has 0 saturated carbocycles. The zero-order valence-corrected chi connectivity index (χ0v) is 17.0. The van der Waals surface area contributed by atoms with E-state index in [4.69, 9.17) is 18.0 Å². The first kappa shape index (κ1) is 20.5. The Hall–Kier alpha value is -2.27. The van der Waals surface area contributed by atoms with Gasteiger partial charge in [-0.15, -0.1) is 13.0 Å². The van der Waals surface area contributed by atoms with Gasteiger partial charge in [-0.1, -0.05) is 35.4 Å². The van der Waals surface area contributed by atoms with Crippen LogP contribution in [-0.4, -0.2) is 63.7 Å². The van der Waals surface area contributed by atoms with Crippen molar-refractivity contribution in [2.45, 2.75) is 11.7 Å². The van der Waals surface area contributed by atoms with Gasteiger partial charge >= 0.3 is 0 Å². The van der Waals surface area contributed by atoms with Crippen molar-refractivity contribution in [1.29, 1.82) is 0 Å². The lowest BCUT2D eigenvalue weighted by Gasteiger charge is -2.33. The van der Waals surface area contributed by atoms with E-state index in [0.29, 0.717) is 47.3 Å². The van der Waals surface area contributed by atoms with Crippen LogP contribution in [0.4, 0.5) is 0 Å². The van der Waals surface area contributed by atoms with Crippen molar-refractivity contribution in [3.05, 3.63) is 46.2 Å². The zero-order chi connectivity index (χ0) is 20.1. The third-order valence-corrected chi connectivity index (χ3v) is 5.75. The first-order valence-corrected chi connectivity index (χ1v) is 10.3. The molecule has 1 aliphatic rings. The number of piperazine rings is 1. The summed E-state index contributed by atoms with van der Waals surface area (Å²) >= 11 is 7.30. The third kappa shape index (κ3) is 4.58. The average Bonchev–Trinajstić information content (AvgIpc) is 2.69. The number of aromatic nitrogens is 2. The predicted octanol–water partition coefficient (Wildman–Crippen LogP) is 2.11. The Kier molecular flexibility index (Phi) is 6.79. The van der Waals surface area contributed by atoms with E-state index in [1.807, 2.05) is 4.90 Å². The molecule has 6 nitrogen and oxygen atoms in total. The van der Waals surface area contributed by atoms with Crippen molar-refractivity contribution in [3.63, 3.8) is 0 Å². The number of carbonyl (C=O) groups is 1. The van der Waals surface area contributed by atoms with Crippen molar-refractivity contribution in [2.24, 2.45) is 0 Å². The number of terminal acetylenes is 1. The van der Waals surface area contributed by atoms with Gasteiger partial charge in [0.05, 0.1) is 23.2 Å². The molecule has 1 saturated heterocycles. The Bertz CT molecular complexity index is 990. The topological polar surface area (TPSA) is 58.4 Å². The highest BCUT2D eigenvalue weighted by Gasteiger charge is 2.21. The number of nitrogens with zero attached hydrogens (tertiary/aromatic N) is 4. The van der Waals surface area contributed by atoms with E-state index in [1.54, 1.807) is 24.3 Å². The number of halogens is 1. The molecule has 1 fully saturated rings. The summed E-state index contributed by atoms with van der Waals surface area (Å²) in [5.74, 6) is 2.87. The second-order valence-electron chi connectivity index (χ2n) is 6.41. The summed E-state index contributed by atoms with van der Waals surface area (Å²) in [6.07, 6.45) is 6.98. The molecule has 2 aromatic rings. The van der Waals surface area contributed by atoms with Crippen LogP contribution in [0.25, 0.3) is 10.9 Å². The molecule has 0 N–H and O–H groups in total. The minimum atomic E-state index is -0.167. The standard InChI is InChI=1S/C20H21ClN4O2S/c1-3-7-23-9-11-24(12-10-23)18(26)14-28-20-22-17-13-15(21)5-6-16(17)19(27)25(20)8-4-2/h1,4-6,13H,2,7-12,14H2. The van der Waals surface area contributed by atoms with Gasteiger partial charge in [0.25, 0.3) is 5.56 Å². The quantitative estimate of drug-likeness (QED) is 0.312. The summed E-state index contributed by atoms with van der Waals surface area (Å²) in [6.45, 7) is 7.49. The molecule has 0 atom stereocenters. The van der Waals surface area contributed by atoms with Gasteiger partial charge < -0.3 is 4.90 Å². The smallest absolute Gasteiger partial charge is 0.262 e. The molecule has 0 radical (unpaired) electrons. The normalized spacial score (nSPS) is 14.8. The predicted molar refractivity (Wildman–Crippen MR) is 114 cm³/mol. The van der Waals surface area contributed by atoms with E-state index in [1.165, 1.54) is 16.3 Å². The van der Waals surface area contributed by atoms with E-state index in [0.717, 1.165) is 13.1 Å². The van der Waals surface area contributed by atoms with E-state index in [9.17, 15) is 9.59 Å². The van der Waals surface area contributed by atoms with Gasteiger partial charge in [0.15, 0.2) is 5.16 Å². The van der Waals surface area contributed by atoms with Crippen LogP contribution in [-0.2, 0) is 11.3 Å². The molecule has 0 spiro atoms. The Morgan fingerprint density at radius 1 is 1.36 bits per heavy atom. The van der Waals surface area contributed by atoms with Gasteiger partial charge in [0, 0.05) is 37.7 Å². The summed E-state index contributed by atoms with van der Waals surface area (Å²) in [5.41, 5.74) is 0.357. The number of amides is 1. The highest BCUT2D eigenvalue weighted by Crippen LogP contribution is 2.21. The minimum absolute atomic E-state index is 0.0240. The summed E-state index contributed by atoms with van der Waals surface area (Å²) in [5, 5.41) is 1.49. The second-order valence-corrected chi connectivity index (χ2v) is 7.79. The molecule has 1 aromatic heterocycles. The van der Waals surface area contributed by atoms with Crippen LogP contribution in [0.3, 0.4) is 0 Å². The molecule has 3 rings (SSSR count). The molecule has 0 aliphatic carbocycles. The fourth-order valence-corrected chi connectivity index (χ4v) is 4.15. The van der Waals surface area contributed by atoms with Crippen molar-refractivity contribution in [2.75, 3.05) is 38.5 Å². The van der Waals surface area contributed by atoms with Crippen LogP contribution in [0.2, 0.25) is 5.02 Å². The van der Waals surface area contributed by atoms with E-state index in [2.05, 4.69) is 22.4 Å². The minimum Gasteiger partial charge on any atom is -0.339 e. The fraction of sp³-hybridized carbons (Fsp3) is 0.350. The van der Waals surface area contributed by atoms with Crippen molar-refractivity contribution >= 4 is 40.2 Å². The van der Waals surface area contributed by atoms with Crippen LogP contribution in [0.1, 0.15) is 0 Å². The third-order valence-electron chi connectivity index (χ3n) is 4.56. The monoisotopic (exact) mass is 416 g/mol.